The van der Waals surface area contributed by atoms with Crippen molar-refractivity contribution in [2.75, 3.05) is 0 Å². The molecule has 1 N–H and O–H groups in total. The number of amides is 1. The largest absolute Gasteiger partial charge is 0.471 e. The Morgan fingerprint density at radius 3 is 2.06 bits per heavy atom. The molecule has 0 radical (unpaired) electrons. The lowest BCUT2D eigenvalue weighted by atomic mass is 10.0. The zero-order chi connectivity index (χ0) is 14.5. The average Bonchev–Trinajstić information content (AvgIpc) is 2.22. The molecule has 0 saturated heterocycles. The fourth-order valence-corrected chi connectivity index (χ4v) is 1.08. The first-order chi connectivity index (χ1) is 8.09. The van der Waals surface area contributed by atoms with Crippen molar-refractivity contribution in [3.8, 4) is 0 Å². The van der Waals surface area contributed by atoms with E-state index in [4.69, 9.17) is 4.74 Å². The van der Waals surface area contributed by atoms with Crippen molar-refractivity contribution in [1.82, 2.24) is 5.32 Å². The molecule has 0 aromatic carbocycles. The Kier molecular flexibility index (Phi) is 6.14. The summed E-state index contributed by atoms with van der Waals surface area (Å²) in [5.74, 6) is -3.48. The summed E-state index contributed by atoms with van der Waals surface area (Å²) >= 11 is 0. The minimum absolute atomic E-state index is 0.401. The highest BCUT2D eigenvalue weighted by Crippen LogP contribution is 2.16. The van der Waals surface area contributed by atoms with Crippen molar-refractivity contribution in [1.29, 1.82) is 0 Å². The van der Waals surface area contributed by atoms with Gasteiger partial charge in [-0.15, -0.1) is 0 Å². The second-order valence-electron chi connectivity index (χ2n) is 4.35. The topological polar surface area (TPSA) is 55.4 Å². The first kappa shape index (κ1) is 16.7. The average molecular weight is 269 g/mol. The van der Waals surface area contributed by atoms with E-state index in [0.717, 1.165) is 0 Å². The molecular formula is C11H18F3NO3. The number of ether oxygens (including phenoxy) is 1. The van der Waals surface area contributed by atoms with Crippen molar-refractivity contribution < 1.29 is 27.5 Å². The molecule has 0 aliphatic rings. The van der Waals surface area contributed by atoms with Crippen LogP contribution in [0.5, 0.6) is 0 Å². The summed E-state index contributed by atoms with van der Waals surface area (Å²) in [4.78, 5) is 22.4. The van der Waals surface area contributed by atoms with Gasteiger partial charge in [0.15, 0.2) is 0 Å². The molecule has 0 spiro atoms. The maximum absolute atomic E-state index is 12.1. The van der Waals surface area contributed by atoms with Crippen LogP contribution in [0.4, 0.5) is 13.2 Å². The lowest BCUT2D eigenvalue weighted by Crippen LogP contribution is -2.50. The third-order valence-electron chi connectivity index (χ3n) is 2.36. The molecule has 0 aliphatic heterocycles. The van der Waals surface area contributed by atoms with E-state index < -0.39 is 36.1 Å². The second kappa shape index (κ2) is 6.61. The van der Waals surface area contributed by atoms with Gasteiger partial charge in [-0.25, -0.2) is 4.79 Å². The normalized spacial score (nSPS) is 15.1. The molecule has 2 atom stereocenters. The fourth-order valence-electron chi connectivity index (χ4n) is 1.08. The van der Waals surface area contributed by atoms with Crippen molar-refractivity contribution in [3.05, 3.63) is 0 Å². The van der Waals surface area contributed by atoms with Crippen LogP contribution in [0.25, 0.3) is 0 Å². The molecular weight excluding hydrogens is 251 g/mol. The molecule has 0 saturated carbocycles. The van der Waals surface area contributed by atoms with Crippen molar-refractivity contribution in [3.63, 3.8) is 0 Å². The molecule has 0 bridgehead atoms. The summed E-state index contributed by atoms with van der Waals surface area (Å²) in [5, 5.41) is 1.65. The van der Waals surface area contributed by atoms with E-state index >= 15 is 0 Å². The minimum Gasteiger partial charge on any atom is -0.461 e. The van der Waals surface area contributed by atoms with Crippen molar-refractivity contribution in [2.24, 2.45) is 5.92 Å². The van der Waals surface area contributed by atoms with Gasteiger partial charge in [-0.3, -0.25) is 4.79 Å². The van der Waals surface area contributed by atoms with E-state index in [1.807, 2.05) is 0 Å². The molecule has 0 aromatic rings. The number of alkyl halides is 3. The fraction of sp³-hybridized carbons (Fsp3) is 0.818. The summed E-state index contributed by atoms with van der Waals surface area (Å²) in [5.41, 5.74) is 0. The smallest absolute Gasteiger partial charge is 0.461 e. The van der Waals surface area contributed by atoms with Gasteiger partial charge in [0, 0.05) is 0 Å². The summed E-state index contributed by atoms with van der Waals surface area (Å²) in [7, 11) is 0. The SMILES string of the molecule is CC[C@H](C)OC(=O)[C@@H](NC(=O)C(F)(F)F)C(C)C. The zero-order valence-electron chi connectivity index (χ0n) is 10.8. The molecule has 4 nitrogen and oxygen atoms in total. The molecule has 0 rings (SSSR count). The van der Waals surface area contributed by atoms with Gasteiger partial charge in [0.05, 0.1) is 6.10 Å². The molecule has 0 heterocycles. The first-order valence-corrected chi connectivity index (χ1v) is 5.67. The highest BCUT2D eigenvalue weighted by molar-refractivity contribution is 5.87. The van der Waals surface area contributed by atoms with E-state index in [2.05, 4.69) is 0 Å². The third kappa shape index (κ3) is 5.37. The predicted octanol–water partition coefficient (Wildman–Crippen LogP) is 2.03. The van der Waals surface area contributed by atoms with Crippen LogP contribution in [0.3, 0.4) is 0 Å². The standard InChI is InChI=1S/C11H18F3NO3/c1-5-7(4)18-9(16)8(6(2)3)15-10(17)11(12,13)14/h6-8H,5H2,1-4H3,(H,15,17)/t7-,8-/m0/s1. The highest BCUT2D eigenvalue weighted by Gasteiger charge is 2.41. The Morgan fingerprint density at radius 2 is 1.72 bits per heavy atom. The summed E-state index contributed by atoms with van der Waals surface area (Å²) < 4.78 is 41.2. The Bertz CT molecular complexity index is 302. The number of carbonyl (C=O) groups is 2. The minimum atomic E-state index is -5.01. The van der Waals surface area contributed by atoms with Gasteiger partial charge in [-0.05, 0) is 19.3 Å². The molecule has 0 unspecified atom stereocenters. The summed E-state index contributed by atoms with van der Waals surface area (Å²) in [6.07, 6.45) is -4.87. The second-order valence-corrected chi connectivity index (χ2v) is 4.35. The van der Waals surface area contributed by atoms with Crippen LogP contribution in [0.2, 0.25) is 0 Å². The first-order valence-electron chi connectivity index (χ1n) is 5.67. The number of carbonyl (C=O) groups excluding carboxylic acids is 2. The van der Waals surface area contributed by atoms with E-state index in [1.165, 1.54) is 13.8 Å². The zero-order valence-corrected chi connectivity index (χ0v) is 10.8. The highest BCUT2D eigenvalue weighted by atomic mass is 19.4. The molecule has 1 amide bonds. The molecule has 106 valence electrons. The van der Waals surface area contributed by atoms with Crippen molar-refractivity contribution in [2.45, 2.75) is 52.4 Å². The van der Waals surface area contributed by atoms with Crippen LogP contribution in [0.1, 0.15) is 34.1 Å². The lowest BCUT2D eigenvalue weighted by Gasteiger charge is -2.23. The van der Waals surface area contributed by atoms with Gasteiger partial charge in [-0.1, -0.05) is 20.8 Å². The van der Waals surface area contributed by atoms with Crippen LogP contribution in [-0.2, 0) is 14.3 Å². The van der Waals surface area contributed by atoms with E-state index in [0.29, 0.717) is 6.42 Å². The van der Waals surface area contributed by atoms with Crippen LogP contribution < -0.4 is 5.32 Å². The number of esters is 1. The quantitative estimate of drug-likeness (QED) is 0.777. The van der Waals surface area contributed by atoms with E-state index in [-0.39, 0.29) is 0 Å². The monoisotopic (exact) mass is 269 g/mol. The van der Waals surface area contributed by atoms with Crippen LogP contribution in [0, 0.1) is 5.92 Å². The Morgan fingerprint density at radius 1 is 1.22 bits per heavy atom. The Hall–Kier alpha value is -1.27. The number of hydrogen-bond acceptors (Lipinski definition) is 3. The van der Waals surface area contributed by atoms with Crippen LogP contribution in [-0.4, -0.2) is 30.2 Å². The number of nitrogens with one attached hydrogen (secondary N) is 1. The summed E-state index contributed by atoms with van der Waals surface area (Å²) in [6, 6.07) is -1.30. The van der Waals surface area contributed by atoms with E-state index in [1.54, 1.807) is 19.2 Å². The van der Waals surface area contributed by atoms with Gasteiger partial charge in [-0.2, -0.15) is 13.2 Å². The Balaban J connectivity index is 4.68. The number of hydrogen-bond donors (Lipinski definition) is 1. The van der Waals surface area contributed by atoms with Crippen molar-refractivity contribution >= 4 is 11.9 Å². The molecule has 7 heteroatoms. The van der Waals surface area contributed by atoms with Gasteiger partial charge in [0.1, 0.15) is 6.04 Å². The van der Waals surface area contributed by atoms with Gasteiger partial charge >= 0.3 is 18.1 Å². The maximum atomic E-state index is 12.1. The maximum Gasteiger partial charge on any atom is 0.471 e. The number of rotatable bonds is 5. The molecule has 0 aromatic heterocycles. The Labute approximate surface area is 104 Å². The van der Waals surface area contributed by atoms with Crippen LogP contribution >= 0.6 is 0 Å². The third-order valence-corrected chi connectivity index (χ3v) is 2.36. The molecule has 0 aliphatic carbocycles. The van der Waals surface area contributed by atoms with Gasteiger partial charge < -0.3 is 10.1 Å². The number of halogens is 3. The molecule has 18 heavy (non-hydrogen) atoms. The van der Waals surface area contributed by atoms with Crippen LogP contribution in [0.15, 0.2) is 0 Å². The van der Waals surface area contributed by atoms with Gasteiger partial charge in [0.2, 0.25) is 0 Å². The van der Waals surface area contributed by atoms with E-state index in [9.17, 15) is 22.8 Å². The lowest BCUT2D eigenvalue weighted by molar-refractivity contribution is -0.177. The van der Waals surface area contributed by atoms with Gasteiger partial charge in [0.25, 0.3) is 0 Å². The molecule has 0 fully saturated rings. The summed E-state index contributed by atoms with van der Waals surface area (Å²) in [6.45, 7) is 6.45. The predicted molar refractivity (Wildman–Crippen MR) is 58.7 cm³/mol.